The van der Waals surface area contributed by atoms with Crippen LogP contribution in [0.25, 0.3) is 44.2 Å². The van der Waals surface area contributed by atoms with Crippen molar-refractivity contribution in [2.75, 3.05) is 0 Å². The molecular weight excluding hydrogens is 436 g/mol. The van der Waals surface area contributed by atoms with E-state index in [-0.39, 0.29) is 0 Å². The van der Waals surface area contributed by atoms with E-state index in [1.165, 1.54) is 66.4 Å². The first kappa shape index (κ1) is 18.7. The maximum atomic E-state index is 6.50. The Morgan fingerprint density at radius 1 is 0.417 bits per heavy atom. The van der Waals surface area contributed by atoms with Crippen LogP contribution >= 0.6 is 0 Å². The second-order valence-electron chi connectivity index (χ2n) is 10.0. The summed E-state index contributed by atoms with van der Waals surface area (Å²) in [5, 5.41) is 2.71. The molecule has 166 valence electrons. The standard InChI is InChI=1S/C35H20O/c1-2-11-22-21(10-1)23-13-9-14-25-33(23)26(22)20-30-34(25)24-12-3-4-15-27(24)35(30)28-16-5-7-18-31(28)36-32-19-8-6-17-29(32)35/h1-20H. The van der Waals surface area contributed by atoms with Crippen molar-refractivity contribution < 1.29 is 4.74 Å². The normalized spacial score (nSPS) is 14.6. The van der Waals surface area contributed by atoms with Gasteiger partial charge in [0.15, 0.2) is 0 Å². The second kappa shape index (κ2) is 6.33. The molecule has 6 aromatic rings. The lowest BCUT2D eigenvalue weighted by Gasteiger charge is -2.39. The Hall–Kier alpha value is -4.62. The molecule has 1 nitrogen and oxygen atoms in total. The Kier molecular flexibility index (Phi) is 3.28. The summed E-state index contributed by atoms with van der Waals surface area (Å²) in [6.45, 7) is 0. The summed E-state index contributed by atoms with van der Waals surface area (Å²) in [6, 6.07) is 44.3. The van der Waals surface area contributed by atoms with Gasteiger partial charge >= 0.3 is 0 Å². The number of hydrogen-bond donors (Lipinski definition) is 0. The summed E-state index contributed by atoms with van der Waals surface area (Å²) in [6.07, 6.45) is 0. The molecule has 0 radical (unpaired) electrons. The molecule has 0 bridgehead atoms. The van der Waals surface area contributed by atoms with Gasteiger partial charge in [-0.3, -0.25) is 0 Å². The second-order valence-corrected chi connectivity index (χ2v) is 10.0. The van der Waals surface area contributed by atoms with Crippen molar-refractivity contribution in [1.82, 2.24) is 0 Å². The van der Waals surface area contributed by atoms with Crippen LogP contribution in [0.2, 0.25) is 0 Å². The monoisotopic (exact) mass is 456 g/mol. The predicted octanol–water partition coefficient (Wildman–Crippen LogP) is 8.96. The minimum atomic E-state index is -0.435. The van der Waals surface area contributed by atoms with Crippen LogP contribution in [0.1, 0.15) is 22.3 Å². The highest BCUT2D eigenvalue weighted by Gasteiger charge is 2.51. The number of benzene rings is 6. The first-order valence-corrected chi connectivity index (χ1v) is 12.5. The number of hydrogen-bond acceptors (Lipinski definition) is 1. The zero-order valence-corrected chi connectivity index (χ0v) is 19.5. The molecule has 0 aromatic heterocycles. The molecule has 9 rings (SSSR count). The molecule has 1 spiro atoms. The van der Waals surface area contributed by atoms with E-state index in [4.69, 9.17) is 4.74 Å². The summed E-state index contributed by atoms with van der Waals surface area (Å²) in [7, 11) is 0. The van der Waals surface area contributed by atoms with Gasteiger partial charge in [-0.05, 0) is 73.5 Å². The van der Waals surface area contributed by atoms with Crippen molar-refractivity contribution in [3.05, 3.63) is 144 Å². The molecule has 1 heterocycles. The zero-order valence-electron chi connectivity index (χ0n) is 19.5. The molecule has 0 amide bonds. The zero-order chi connectivity index (χ0) is 23.4. The maximum absolute atomic E-state index is 6.50. The number of fused-ring (bicyclic) bond motifs is 13. The summed E-state index contributed by atoms with van der Waals surface area (Å²) in [5.74, 6) is 1.87. The third-order valence-corrected chi connectivity index (χ3v) is 8.48. The van der Waals surface area contributed by atoms with E-state index in [9.17, 15) is 0 Å². The van der Waals surface area contributed by atoms with Gasteiger partial charge in [0.2, 0.25) is 0 Å². The number of para-hydroxylation sites is 2. The van der Waals surface area contributed by atoms with Gasteiger partial charge in [-0.15, -0.1) is 0 Å². The Labute approximate surface area is 209 Å². The minimum absolute atomic E-state index is 0.435. The highest BCUT2D eigenvalue weighted by atomic mass is 16.5. The molecule has 1 heteroatoms. The minimum Gasteiger partial charge on any atom is -0.457 e. The fourth-order valence-electron chi connectivity index (χ4n) is 7.21. The lowest BCUT2D eigenvalue weighted by Crippen LogP contribution is -2.32. The van der Waals surface area contributed by atoms with Gasteiger partial charge in [-0.25, -0.2) is 0 Å². The Morgan fingerprint density at radius 2 is 0.972 bits per heavy atom. The molecule has 6 aromatic carbocycles. The van der Waals surface area contributed by atoms with E-state index in [2.05, 4.69) is 121 Å². The molecule has 1 aliphatic heterocycles. The average Bonchev–Trinajstić information content (AvgIpc) is 3.42. The first-order chi connectivity index (χ1) is 17.9. The summed E-state index contributed by atoms with van der Waals surface area (Å²) in [5.41, 5.74) is 12.7. The molecule has 0 atom stereocenters. The van der Waals surface area contributed by atoms with Gasteiger partial charge in [-0.1, -0.05) is 103 Å². The summed E-state index contributed by atoms with van der Waals surface area (Å²) < 4.78 is 6.50. The van der Waals surface area contributed by atoms with Crippen LogP contribution in [0.15, 0.2) is 121 Å². The molecule has 36 heavy (non-hydrogen) atoms. The number of ether oxygens (including phenoxy) is 1. The van der Waals surface area contributed by atoms with Gasteiger partial charge < -0.3 is 4.74 Å². The smallest absolute Gasteiger partial charge is 0.132 e. The Balaban J connectivity index is 1.55. The molecule has 3 aliphatic rings. The van der Waals surface area contributed by atoms with Crippen molar-refractivity contribution in [3.8, 4) is 44.9 Å². The lowest BCUT2D eigenvalue weighted by atomic mass is 9.65. The van der Waals surface area contributed by atoms with Crippen molar-refractivity contribution in [3.63, 3.8) is 0 Å². The van der Waals surface area contributed by atoms with Crippen LogP contribution < -0.4 is 4.74 Å². The quantitative estimate of drug-likeness (QED) is 0.221. The SMILES string of the molecule is c1ccc2c(c1)Oc1ccccc1C21c2ccccc2-c2c1cc1c3c(cccc23)-c2ccccc2-1. The Morgan fingerprint density at radius 3 is 1.69 bits per heavy atom. The van der Waals surface area contributed by atoms with Crippen molar-refractivity contribution in [1.29, 1.82) is 0 Å². The lowest BCUT2D eigenvalue weighted by molar-refractivity contribution is 0.436. The van der Waals surface area contributed by atoms with Crippen LogP contribution in [0.3, 0.4) is 0 Å². The average molecular weight is 457 g/mol. The van der Waals surface area contributed by atoms with E-state index >= 15 is 0 Å². The van der Waals surface area contributed by atoms with Gasteiger partial charge in [0.05, 0.1) is 5.41 Å². The van der Waals surface area contributed by atoms with Crippen LogP contribution in [-0.2, 0) is 5.41 Å². The predicted molar refractivity (Wildman–Crippen MR) is 146 cm³/mol. The summed E-state index contributed by atoms with van der Waals surface area (Å²) in [4.78, 5) is 0. The molecule has 2 aliphatic carbocycles. The van der Waals surface area contributed by atoms with Crippen molar-refractivity contribution in [2.45, 2.75) is 5.41 Å². The van der Waals surface area contributed by atoms with Gasteiger partial charge in [0, 0.05) is 11.1 Å². The third kappa shape index (κ3) is 1.98. The largest absolute Gasteiger partial charge is 0.457 e. The molecule has 0 fully saturated rings. The summed E-state index contributed by atoms with van der Waals surface area (Å²) >= 11 is 0. The highest BCUT2D eigenvalue weighted by Crippen LogP contribution is 2.64. The van der Waals surface area contributed by atoms with Gasteiger partial charge in [0.1, 0.15) is 11.5 Å². The van der Waals surface area contributed by atoms with E-state index in [1.54, 1.807) is 0 Å². The van der Waals surface area contributed by atoms with Crippen molar-refractivity contribution >= 4 is 10.8 Å². The fraction of sp³-hybridized carbons (Fsp3) is 0.0286. The number of rotatable bonds is 0. The molecule has 0 saturated heterocycles. The van der Waals surface area contributed by atoms with Crippen LogP contribution in [-0.4, -0.2) is 0 Å². The topological polar surface area (TPSA) is 9.23 Å². The van der Waals surface area contributed by atoms with E-state index in [0.717, 1.165) is 11.5 Å². The van der Waals surface area contributed by atoms with Crippen LogP contribution in [0, 0.1) is 0 Å². The van der Waals surface area contributed by atoms with E-state index in [1.807, 2.05) is 0 Å². The third-order valence-electron chi connectivity index (χ3n) is 8.48. The van der Waals surface area contributed by atoms with Crippen molar-refractivity contribution in [2.24, 2.45) is 0 Å². The fourth-order valence-corrected chi connectivity index (χ4v) is 7.21. The molecule has 0 unspecified atom stereocenters. The van der Waals surface area contributed by atoms with Crippen LogP contribution in [0.5, 0.6) is 11.5 Å². The van der Waals surface area contributed by atoms with E-state index < -0.39 is 5.41 Å². The maximum Gasteiger partial charge on any atom is 0.132 e. The molecule has 0 N–H and O–H groups in total. The molecular formula is C35H20O. The Bertz CT molecular complexity index is 1880. The van der Waals surface area contributed by atoms with Crippen LogP contribution in [0.4, 0.5) is 0 Å². The molecule has 0 saturated carbocycles. The highest BCUT2D eigenvalue weighted by molar-refractivity contribution is 6.20. The van der Waals surface area contributed by atoms with Gasteiger partial charge in [0.25, 0.3) is 0 Å². The first-order valence-electron chi connectivity index (χ1n) is 12.5. The van der Waals surface area contributed by atoms with Gasteiger partial charge in [-0.2, -0.15) is 0 Å². The van der Waals surface area contributed by atoms with E-state index in [0.29, 0.717) is 0 Å².